The summed E-state index contributed by atoms with van der Waals surface area (Å²) in [5.41, 5.74) is 0. The van der Waals surface area contributed by atoms with E-state index in [1.807, 2.05) is 4.90 Å². The molecule has 8 nitrogen and oxygen atoms in total. The summed E-state index contributed by atoms with van der Waals surface area (Å²) < 4.78 is 29.7. The van der Waals surface area contributed by atoms with E-state index in [-0.39, 0.29) is 27.8 Å². The molecule has 0 spiro atoms. The zero-order valence-electron chi connectivity index (χ0n) is 18.0. The van der Waals surface area contributed by atoms with Gasteiger partial charge in [-0.15, -0.1) is 14.5 Å². The fourth-order valence-electron chi connectivity index (χ4n) is 5.23. The number of halogens is 1. The second kappa shape index (κ2) is 8.85. The number of aromatic nitrogens is 3. The summed E-state index contributed by atoms with van der Waals surface area (Å²) in [7, 11) is -3.64. The van der Waals surface area contributed by atoms with Gasteiger partial charge < -0.3 is 14.0 Å². The molecule has 0 bridgehead atoms. The molecule has 1 aromatic carbocycles. The summed E-state index contributed by atoms with van der Waals surface area (Å²) in [6.07, 6.45) is 6.15. The smallest absolute Gasteiger partial charge is 0.245 e. The second-order valence-corrected chi connectivity index (χ2v) is 11.2. The number of carbonyl (C=O) groups is 1. The van der Waals surface area contributed by atoms with E-state index in [0.717, 1.165) is 50.4 Å². The highest BCUT2D eigenvalue weighted by Crippen LogP contribution is 2.37. The number of fused-ring (bicyclic) bond motifs is 1. The Morgan fingerprint density at radius 2 is 1.75 bits per heavy atom. The molecule has 3 aliphatic heterocycles. The number of piperidine rings is 2. The molecule has 10 heteroatoms. The van der Waals surface area contributed by atoms with E-state index in [0.29, 0.717) is 25.9 Å². The van der Waals surface area contributed by atoms with E-state index in [1.165, 1.54) is 10.7 Å². The van der Waals surface area contributed by atoms with Gasteiger partial charge in [0, 0.05) is 38.5 Å². The molecular weight excluding hydrogens is 450 g/mol. The molecule has 2 aromatic rings. The molecule has 4 heterocycles. The van der Waals surface area contributed by atoms with E-state index in [9.17, 15) is 13.6 Å². The molecular formula is C22H28ClN5O3S. The van der Waals surface area contributed by atoms with E-state index < -0.39 is 10.4 Å². The van der Waals surface area contributed by atoms with Crippen molar-refractivity contribution in [2.24, 2.45) is 0 Å². The largest absolute Gasteiger partial charge is 0.593 e. The molecule has 0 aliphatic carbocycles. The molecule has 0 N–H and O–H groups in total. The molecule has 32 heavy (non-hydrogen) atoms. The molecule has 2 fully saturated rings. The van der Waals surface area contributed by atoms with E-state index in [1.54, 1.807) is 24.3 Å². The molecule has 2 unspecified atom stereocenters. The first-order chi connectivity index (χ1) is 15.5. The Balaban J connectivity index is 1.31. The van der Waals surface area contributed by atoms with Crippen LogP contribution in [0, 0.1) is 0 Å². The van der Waals surface area contributed by atoms with E-state index >= 15 is 0 Å². The first kappa shape index (κ1) is 22.0. The highest BCUT2D eigenvalue weighted by atomic mass is 35.5. The maximum Gasteiger partial charge on any atom is 0.245 e. The lowest BCUT2D eigenvalue weighted by atomic mass is 9.97. The number of carbonyl (C=O) groups excluding carboxylic acids is 1. The van der Waals surface area contributed by atoms with Gasteiger partial charge in [0.2, 0.25) is 5.91 Å². The SMILES string of the molecule is O=C(C1CCc2nnc(C3CCN([S+](=O)([O-])c4ccccc4Cl)CC3)n21)N1CCCCC1. The van der Waals surface area contributed by atoms with Gasteiger partial charge in [0.1, 0.15) is 17.7 Å². The molecule has 0 saturated carbocycles. The lowest BCUT2D eigenvalue weighted by Crippen LogP contribution is -2.43. The van der Waals surface area contributed by atoms with Crippen molar-refractivity contribution < 1.29 is 13.6 Å². The Labute approximate surface area is 194 Å². The van der Waals surface area contributed by atoms with Crippen molar-refractivity contribution in [1.29, 1.82) is 0 Å². The number of aryl methyl sites for hydroxylation is 1. The van der Waals surface area contributed by atoms with Gasteiger partial charge in [0.05, 0.1) is 5.02 Å². The van der Waals surface area contributed by atoms with Crippen molar-refractivity contribution >= 4 is 27.9 Å². The van der Waals surface area contributed by atoms with Gasteiger partial charge >= 0.3 is 0 Å². The van der Waals surface area contributed by atoms with Crippen molar-refractivity contribution in [3.63, 3.8) is 0 Å². The molecule has 5 rings (SSSR count). The van der Waals surface area contributed by atoms with Crippen LogP contribution in [0.2, 0.25) is 5.02 Å². The average Bonchev–Trinajstić information content (AvgIpc) is 3.42. The minimum atomic E-state index is -3.64. The van der Waals surface area contributed by atoms with Gasteiger partial charge in [0.25, 0.3) is 0 Å². The highest BCUT2D eigenvalue weighted by Gasteiger charge is 2.40. The van der Waals surface area contributed by atoms with Crippen LogP contribution < -0.4 is 0 Å². The molecule has 2 atom stereocenters. The highest BCUT2D eigenvalue weighted by molar-refractivity contribution is 7.95. The number of hydrogen-bond acceptors (Lipinski definition) is 5. The van der Waals surface area contributed by atoms with E-state index in [4.69, 9.17) is 11.6 Å². The van der Waals surface area contributed by atoms with Crippen LogP contribution in [-0.4, -0.2) is 60.6 Å². The first-order valence-corrected chi connectivity index (χ1v) is 13.3. The number of amides is 1. The normalized spacial score (nSPS) is 24.3. The lowest BCUT2D eigenvalue weighted by molar-refractivity contribution is -0.135. The zero-order chi connectivity index (χ0) is 22.3. The molecule has 172 valence electrons. The van der Waals surface area contributed by atoms with Crippen molar-refractivity contribution in [3.8, 4) is 0 Å². The van der Waals surface area contributed by atoms with Crippen LogP contribution in [0.25, 0.3) is 0 Å². The van der Waals surface area contributed by atoms with Gasteiger partial charge in [-0.2, -0.15) is 0 Å². The third-order valence-electron chi connectivity index (χ3n) is 6.97. The third kappa shape index (κ3) is 3.89. The monoisotopic (exact) mass is 477 g/mol. The van der Waals surface area contributed by atoms with Crippen molar-refractivity contribution in [1.82, 2.24) is 24.0 Å². The quantitative estimate of drug-likeness (QED) is 0.630. The minimum absolute atomic E-state index is 0.0868. The predicted octanol–water partition coefficient (Wildman–Crippen LogP) is 3.21. The Bertz CT molecular complexity index is 1050. The van der Waals surface area contributed by atoms with Gasteiger partial charge in [-0.05, 0) is 50.7 Å². The average molecular weight is 478 g/mol. The number of likely N-dealkylation sites (tertiary alicyclic amines) is 1. The van der Waals surface area contributed by atoms with Gasteiger partial charge in [0.15, 0.2) is 15.3 Å². The minimum Gasteiger partial charge on any atom is -0.593 e. The molecule has 0 radical (unpaired) electrons. The van der Waals surface area contributed by atoms with Crippen LogP contribution in [-0.2, 0) is 25.8 Å². The van der Waals surface area contributed by atoms with Crippen molar-refractivity contribution in [2.75, 3.05) is 26.2 Å². The van der Waals surface area contributed by atoms with Crippen LogP contribution in [0.3, 0.4) is 0 Å². The maximum absolute atomic E-state index is 13.2. The summed E-state index contributed by atoms with van der Waals surface area (Å²) in [6.45, 7) is 2.46. The van der Waals surface area contributed by atoms with Crippen LogP contribution >= 0.6 is 11.6 Å². The standard InChI is InChI=1S/C22H28ClN5O3S/c23-17-6-2-3-7-19(17)32(30,31)27-14-10-16(11-15-27)21-25-24-20-9-8-18(28(20)21)22(29)26-12-4-1-5-13-26/h2-3,6-7,16,18H,1,4-5,8-15H2. The van der Waals surface area contributed by atoms with Gasteiger partial charge in [-0.3, -0.25) is 4.79 Å². The van der Waals surface area contributed by atoms with Gasteiger partial charge in [-0.1, -0.05) is 27.9 Å². The fraction of sp³-hybridized carbons (Fsp3) is 0.591. The Kier molecular flexibility index (Phi) is 6.09. The second-order valence-electron chi connectivity index (χ2n) is 8.89. The summed E-state index contributed by atoms with van der Waals surface area (Å²) in [5.74, 6) is 1.98. The number of sulfonamides is 1. The lowest BCUT2D eigenvalue weighted by Gasteiger charge is -2.34. The first-order valence-electron chi connectivity index (χ1n) is 11.4. The number of hydrogen-bond donors (Lipinski definition) is 0. The van der Waals surface area contributed by atoms with Crippen molar-refractivity contribution in [3.05, 3.63) is 40.9 Å². The summed E-state index contributed by atoms with van der Waals surface area (Å²) in [6, 6.07) is 6.33. The molecule has 1 aromatic heterocycles. The van der Waals surface area contributed by atoms with Crippen LogP contribution in [0.1, 0.15) is 62.1 Å². The fourth-order valence-corrected chi connectivity index (χ4v) is 7.19. The topological polar surface area (TPSA) is 94.4 Å². The summed E-state index contributed by atoms with van der Waals surface area (Å²) in [4.78, 5) is 15.4. The van der Waals surface area contributed by atoms with Crippen LogP contribution in [0.5, 0.6) is 0 Å². The predicted molar refractivity (Wildman–Crippen MR) is 120 cm³/mol. The van der Waals surface area contributed by atoms with Crippen LogP contribution in [0.15, 0.2) is 29.2 Å². The van der Waals surface area contributed by atoms with E-state index in [2.05, 4.69) is 14.8 Å². The Morgan fingerprint density at radius 1 is 1.03 bits per heavy atom. The number of benzene rings is 1. The zero-order valence-corrected chi connectivity index (χ0v) is 19.6. The number of nitrogens with zero attached hydrogens (tertiary/aromatic N) is 5. The Hall–Kier alpha value is -1.81. The third-order valence-corrected chi connectivity index (χ3v) is 9.37. The molecule has 1 amide bonds. The maximum atomic E-state index is 13.2. The summed E-state index contributed by atoms with van der Waals surface area (Å²) >= 11 is 6.15. The molecule has 3 aliphatic rings. The van der Waals surface area contributed by atoms with Crippen LogP contribution in [0.4, 0.5) is 0 Å². The van der Waals surface area contributed by atoms with Gasteiger partial charge in [-0.25, -0.2) is 0 Å². The number of rotatable bonds is 4. The molecule has 2 saturated heterocycles. The summed E-state index contributed by atoms with van der Waals surface area (Å²) in [5, 5.41) is 9.06. The Morgan fingerprint density at radius 3 is 2.47 bits per heavy atom. The van der Waals surface area contributed by atoms with Crippen molar-refractivity contribution in [2.45, 2.75) is 61.8 Å².